The highest BCUT2D eigenvalue weighted by Gasteiger charge is 2.20. The standard InChI is InChI=1S/C13H24N2O2/c1-3-14(4-2)12(16)11-13(17)15-9-7-5-6-8-10-15/h3-11H2,1-2H3. The van der Waals surface area contributed by atoms with Crippen molar-refractivity contribution >= 4 is 11.8 Å². The highest BCUT2D eigenvalue weighted by molar-refractivity contribution is 5.96. The van der Waals surface area contributed by atoms with E-state index in [0.29, 0.717) is 13.1 Å². The number of carbonyl (C=O) groups is 2. The van der Waals surface area contributed by atoms with Crippen LogP contribution in [-0.4, -0.2) is 47.8 Å². The van der Waals surface area contributed by atoms with Crippen molar-refractivity contribution in [2.75, 3.05) is 26.2 Å². The van der Waals surface area contributed by atoms with Crippen LogP contribution in [0.4, 0.5) is 0 Å². The van der Waals surface area contributed by atoms with Gasteiger partial charge >= 0.3 is 0 Å². The summed E-state index contributed by atoms with van der Waals surface area (Å²) in [6.45, 7) is 6.90. The zero-order valence-electron chi connectivity index (χ0n) is 11.1. The summed E-state index contributed by atoms with van der Waals surface area (Å²) in [7, 11) is 0. The number of carbonyl (C=O) groups excluding carboxylic acids is 2. The minimum absolute atomic E-state index is 0.00352. The number of amides is 2. The van der Waals surface area contributed by atoms with Gasteiger partial charge in [-0.25, -0.2) is 0 Å². The van der Waals surface area contributed by atoms with Gasteiger partial charge in [-0.1, -0.05) is 12.8 Å². The van der Waals surface area contributed by atoms with E-state index >= 15 is 0 Å². The first kappa shape index (κ1) is 14.0. The Morgan fingerprint density at radius 1 is 1.00 bits per heavy atom. The van der Waals surface area contributed by atoms with Crippen molar-refractivity contribution in [1.29, 1.82) is 0 Å². The van der Waals surface area contributed by atoms with E-state index in [0.717, 1.165) is 25.9 Å². The Bertz CT molecular complexity index is 254. The van der Waals surface area contributed by atoms with Gasteiger partial charge in [-0.15, -0.1) is 0 Å². The topological polar surface area (TPSA) is 40.6 Å². The van der Waals surface area contributed by atoms with E-state index in [4.69, 9.17) is 0 Å². The summed E-state index contributed by atoms with van der Waals surface area (Å²) in [5.41, 5.74) is 0. The van der Waals surface area contributed by atoms with E-state index in [1.54, 1.807) is 4.90 Å². The molecule has 0 aliphatic carbocycles. The first-order valence-corrected chi connectivity index (χ1v) is 6.74. The van der Waals surface area contributed by atoms with Gasteiger partial charge < -0.3 is 9.80 Å². The normalized spacial score (nSPS) is 16.5. The zero-order chi connectivity index (χ0) is 12.7. The van der Waals surface area contributed by atoms with Crippen LogP contribution in [0.5, 0.6) is 0 Å². The van der Waals surface area contributed by atoms with Crippen molar-refractivity contribution < 1.29 is 9.59 Å². The molecule has 0 aromatic rings. The van der Waals surface area contributed by atoms with Crippen molar-refractivity contribution in [1.82, 2.24) is 9.80 Å². The molecule has 0 aromatic heterocycles. The number of nitrogens with zero attached hydrogens (tertiary/aromatic N) is 2. The van der Waals surface area contributed by atoms with Crippen LogP contribution < -0.4 is 0 Å². The molecule has 0 aromatic carbocycles. The molecule has 0 bridgehead atoms. The Hall–Kier alpha value is -1.06. The van der Waals surface area contributed by atoms with Crippen molar-refractivity contribution in [2.45, 2.75) is 46.0 Å². The lowest BCUT2D eigenvalue weighted by Gasteiger charge is -2.23. The van der Waals surface area contributed by atoms with Gasteiger partial charge in [0.25, 0.3) is 0 Å². The lowest BCUT2D eigenvalue weighted by Crippen LogP contribution is -2.38. The quantitative estimate of drug-likeness (QED) is 0.701. The summed E-state index contributed by atoms with van der Waals surface area (Å²) in [4.78, 5) is 27.4. The summed E-state index contributed by atoms with van der Waals surface area (Å²) in [6.07, 6.45) is 4.60. The molecule has 0 saturated carbocycles. The fourth-order valence-corrected chi connectivity index (χ4v) is 2.25. The molecule has 1 aliphatic heterocycles. The van der Waals surface area contributed by atoms with Gasteiger partial charge in [0, 0.05) is 26.2 Å². The second kappa shape index (κ2) is 7.30. The van der Waals surface area contributed by atoms with E-state index < -0.39 is 0 Å². The summed E-state index contributed by atoms with van der Waals surface area (Å²) in [6, 6.07) is 0. The van der Waals surface area contributed by atoms with E-state index in [1.165, 1.54) is 12.8 Å². The molecule has 1 rings (SSSR count). The van der Waals surface area contributed by atoms with Gasteiger partial charge in [0.05, 0.1) is 0 Å². The molecule has 1 heterocycles. The fraction of sp³-hybridized carbons (Fsp3) is 0.846. The Morgan fingerprint density at radius 2 is 1.53 bits per heavy atom. The van der Waals surface area contributed by atoms with Gasteiger partial charge in [-0.3, -0.25) is 9.59 Å². The SMILES string of the molecule is CCN(CC)C(=O)CC(=O)N1CCCCCC1. The molecular formula is C13H24N2O2. The van der Waals surface area contributed by atoms with Crippen LogP contribution >= 0.6 is 0 Å². The molecule has 4 nitrogen and oxygen atoms in total. The van der Waals surface area contributed by atoms with Gasteiger partial charge in [0.1, 0.15) is 6.42 Å². The van der Waals surface area contributed by atoms with Crippen LogP contribution in [0.3, 0.4) is 0 Å². The maximum absolute atomic E-state index is 12.0. The highest BCUT2D eigenvalue weighted by atomic mass is 16.2. The minimum Gasteiger partial charge on any atom is -0.343 e. The Labute approximate surface area is 104 Å². The maximum Gasteiger partial charge on any atom is 0.232 e. The van der Waals surface area contributed by atoms with Crippen LogP contribution in [0, 0.1) is 0 Å². The van der Waals surface area contributed by atoms with Gasteiger partial charge in [0.15, 0.2) is 0 Å². The number of hydrogen-bond donors (Lipinski definition) is 0. The average Bonchev–Trinajstić information content (AvgIpc) is 2.59. The van der Waals surface area contributed by atoms with E-state index in [2.05, 4.69) is 0 Å². The molecule has 0 N–H and O–H groups in total. The summed E-state index contributed by atoms with van der Waals surface area (Å²) < 4.78 is 0. The lowest BCUT2D eigenvalue weighted by atomic mass is 10.2. The number of likely N-dealkylation sites (tertiary alicyclic amines) is 1. The van der Waals surface area contributed by atoms with Crippen LogP contribution in [0.15, 0.2) is 0 Å². The molecule has 1 saturated heterocycles. The number of hydrogen-bond acceptors (Lipinski definition) is 2. The third kappa shape index (κ3) is 4.36. The average molecular weight is 240 g/mol. The zero-order valence-corrected chi connectivity index (χ0v) is 11.1. The van der Waals surface area contributed by atoms with Crippen molar-refractivity contribution in [3.05, 3.63) is 0 Å². The largest absolute Gasteiger partial charge is 0.343 e. The van der Waals surface area contributed by atoms with Crippen molar-refractivity contribution in [2.24, 2.45) is 0 Å². The van der Waals surface area contributed by atoms with E-state index in [1.807, 2.05) is 18.7 Å². The van der Waals surface area contributed by atoms with Gasteiger partial charge in [-0.05, 0) is 26.7 Å². The smallest absolute Gasteiger partial charge is 0.232 e. The molecular weight excluding hydrogens is 216 g/mol. The molecule has 1 fully saturated rings. The third-order valence-electron chi connectivity index (χ3n) is 3.38. The molecule has 1 aliphatic rings. The molecule has 4 heteroatoms. The number of rotatable bonds is 4. The van der Waals surface area contributed by atoms with Crippen LogP contribution in [0.1, 0.15) is 46.0 Å². The molecule has 2 amide bonds. The molecule has 0 atom stereocenters. The van der Waals surface area contributed by atoms with Crippen molar-refractivity contribution in [3.63, 3.8) is 0 Å². The molecule has 0 radical (unpaired) electrons. The second-order valence-electron chi connectivity index (χ2n) is 4.54. The predicted octanol–water partition coefficient (Wildman–Crippen LogP) is 1.65. The third-order valence-corrected chi connectivity index (χ3v) is 3.38. The minimum atomic E-state index is -0.0377. The fourth-order valence-electron chi connectivity index (χ4n) is 2.25. The second-order valence-corrected chi connectivity index (χ2v) is 4.54. The molecule has 0 unspecified atom stereocenters. The Morgan fingerprint density at radius 3 is 2.00 bits per heavy atom. The predicted molar refractivity (Wildman–Crippen MR) is 67.6 cm³/mol. The summed E-state index contributed by atoms with van der Waals surface area (Å²) in [5, 5.41) is 0. The van der Waals surface area contributed by atoms with Gasteiger partial charge in [0.2, 0.25) is 11.8 Å². The Balaban J connectivity index is 2.44. The molecule has 98 valence electrons. The van der Waals surface area contributed by atoms with Crippen LogP contribution in [-0.2, 0) is 9.59 Å². The van der Waals surface area contributed by atoms with Gasteiger partial charge in [-0.2, -0.15) is 0 Å². The lowest BCUT2D eigenvalue weighted by molar-refractivity contribution is -0.140. The van der Waals surface area contributed by atoms with Crippen molar-refractivity contribution in [3.8, 4) is 0 Å². The monoisotopic (exact) mass is 240 g/mol. The highest BCUT2D eigenvalue weighted by Crippen LogP contribution is 2.11. The molecule has 0 spiro atoms. The summed E-state index contributed by atoms with van der Waals surface area (Å²) in [5.74, 6) is -0.0342. The van der Waals surface area contributed by atoms with Crippen LogP contribution in [0.25, 0.3) is 0 Å². The molecule has 17 heavy (non-hydrogen) atoms. The maximum atomic E-state index is 12.0. The summed E-state index contributed by atoms with van der Waals surface area (Å²) >= 11 is 0. The van der Waals surface area contributed by atoms with E-state index in [-0.39, 0.29) is 18.2 Å². The Kier molecular flexibility index (Phi) is 6.01. The first-order chi connectivity index (χ1) is 8.19. The van der Waals surface area contributed by atoms with Crippen LogP contribution in [0.2, 0.25) is 0 Å². The van der Waals surface area contributed by atoms with E-state index in [9.17, 15) is 9.59 Å². The first-order valence-electron chi connectivity index (χ1n) is 6.74.